The number of ether oxygens (including phenoxy) is 1. The van der Waals surface area contributed by atoms with Crippen LogP contribution in [-0.2, 0) is 22.5 Å². The van der Waals surface area contributed by atoms with Gasteiger partial charge in [-0.2, -0.15) is 0 Å². The third-order valence-electron chi connectivity index (χ3n) is 2.53. The molecule has 0 atom stereocenters. The molecule has 0 saturated heterocycles. The lowest BCUT2D eigenvalue weighted by Gasteiger charge is -2.07. The van der Waals surface area contributed by atoms with Crippen molar-refractivity contribution < 1.29 is 9.53 Å². The SMILES string of the molecule is CCCCOC(=O)Cn1cc(CC)c(=O)[nH]c1=O. The van der Waals surface area contributed by atoms with Crippen molar-refractivity contribution >= 4 is 5.97 Å². The molecule has 6 heteroatoms. The molecule has 1 heterocycles. The van der Waals surface area contributed by atoms with Crippen molar-refractivity contribution in [1.29, 1.82) is 0 Å². The first kappa shape index (κ1) is 14.2. The lowest BCUT2D eigenvalue weighted by molar-refractivity contribution is -0.144. The van der Waals surface area contributed by atoms with E-state index in [-0.39, 0.29) is 6.54 Å². The predicted molar refractivity (Wildman–Crippen MR) is 66.6 cm³/mol. The monoisotopic (exact) mass is 254 g/mol. The quantitative estimate of drug-likeness (QED) is 0.590. The molecule has 1 aromatic rings. The fourth-order valence-corrected chi connectivity index (χ4v) is 1.44. The molecule has 0 bridgehead atoms. The predicted octanol–water partition coefficient (Wildman–Crippen LogP) is 0.442. The molecular weight excluding hydrogens is 236 g/mol. The highest BCUT2D eigenvalue weighted by molar-refractivity contribution is 5.69. The van der Waals surface area contributed by atoms with Gasteiger partial charge in [0.15, 0.2) is 0 Å². The van der Waals surface area contributed by atoms with Crippen LogP contribution in [0.3, 0.4) is 0 Å². The fourth-order valence-electron chi connectivity index (χ4n) is 1.44. The molecule has 1 aromatic heterocycles. The molecule has 0 aliphatic carbocycles. The summed E-state index contributed by atoms with van der Waals surface area (Å²) in [6.07, 6.45) is 3.64. The highest BCUT2D eigenvalue weighted by atomic mass is 16.5. The van der Waals surface area contributed by atoms with Crippen LogP contribution in [0.1, 0.15) is 32.3 Å². The van der Waals surface area contributed by atoms with Gasteiger partial charge in [0.25, 0.3) is 5.56 Å². The number of hydrogen-bond acceptors (Lipinski definition) is 4. The second-order valence-corrected chi connectivity index (χ2v) is 3.97. The standard InChI is InChI=1S/C12H18N2O4/c1-3-5-6-18-10(15)8-14-7-9(4-2)11(16)13-12(14)17/h7H,3-6,8H2,1-2H3,(H,13,16,17). The van der Waals surface area contributed by atoms with Crippen molar-refractivity contribution in [3.63, 3.8) is 0 Å². The number of carbonyl (C=O) groups is 1. The van der Waals surface area contributed by atoms with Crippen molar-refractivity contribution in [3.05, 3.63) is 32.6 Å². The lowest BCUT2D eigenvalue weighted by atomic mass is 10.3. The fraction of sp³-hybridized carbons (Fsp3) is 0.583. The van der Waals surface area contributed by atoms with E-state index in [4.69, 9.17) is 4.74 Å². The molecule has 0 fully saturated rings. The highest BCUT2D eigenvalue weighted by Crippen LogP contribution is 1.93. The summed E-state index contributed by atoms with van der Waals surface area (Å²) in [6, 6.07) is 0. The minimum absolute atomic E-state index is 0.174. The molecule has 18 heavy (non-hydrogen) atoms. The summed E-state index contributed by atoms with van der Waals surface area (Å²) < 4.78 is 6.12. The molecule has 1 rings (SSSR count). The maximum Gasteiger partial charge on any atom is 0.328 e. The average molecular weight is 254 g/mol. The van der Waals surface area contributed by atoms with Gasteiger partial charge >= 0.3 is 11.7 Å². The molecule has 0 radical (unpaired) electrons. The summed E-state index contributed by atoms with van der Waals surface area (Å²) in [7, 11) is 0. The van der Waals surface area contributed by atoms with E-state index in [1.807, 2.05) is 6.92 Å². The van der Waals surface area contributed by atoms with Gasteiger partial charge in [-0.25, -0.2) is 4.79 Å². The van der Waals surface area contributed by atoms with E-state index in [1.165, 1.54) is 6.20 Å². The lowest BCUT2D eigenvalue weighted by Crippen LogP contribution is -2.33. The number of rotatable bonds is 6. The van der Waals surface area contributed by atoms with Crippen LogP contribution in [0, 0.1) is 0 Å². The number of H-pyrrole nitrogens is 1. The Kier molecular flexibility index (Phi) is 5.35. The Morgan fingerprint density at radius 2 is 2.11 bits per heavy atom. The first-order valence-corrected chi connectivity index (χ1v) is 6.06. The number of aryl methyl sites for hydroxylation is 1. The first-order valence-electron chi connectivity index (χ1n) is 6.06. The van der Waals surface area contributed by atoms with Crippen LogP contribution in [-0.4, -0.2) is 22.1 Å². The van der Waals surface area contributed by atoms with E-state index in [9.17, 15) is 14.4 Å². The largest absolute Gasteiger partial charge is 0.464 e. The average Bonchev–Trinajstić information content (AvgIpc) is 2.33. The molecule has 6 nitrogen and oxygen atoms in total. The van der Waals surface area contributed by atoms with Crippen molar-refractivity contribution in [3.8, 4) is 0 Å². The minimum Gasteiger partial charge on any atom is -0.464 e. The maximum absolute atomic E-state index is 11.5. The van der Waals surface area contributed by atoms with Gasteiger partial charge in [0.2, 0.25) is 0 Å². The van der Waals surface area contributed by atoms with Crippen LogP contribution in [0.2, 0.25) is 0 Å². The summed E-state index contributed by atoms with van der Waals surface area (Å²) >= 11 is 0. The molecule has 0 aliphatic rings. The number of carbonyl (C=O) groups excluding carboxylic acids is 1. The normalized spacial score (nSPS) is 10.3. The molecule has 0 amide bonds. The second kappa shape index (κ2) is 6.78. The first-order chi connectivity index (χ1) is 8.58. The van der Waals surface area contributed by atoms with Gasteiger partial charge in [-0.05, 0) is 12.8 Å². The molecule has 0 aliphatic heterocycles. The number of nitrogens with one attached hydrogen (secondary N) is 1. The topological polar surface area (TPSA) is 81.2 Å². The number of nitrogens with zero attached hydrogens (tertiary/aromatic N) is 1. The molecule has 0 unspecified atom stereocenters. The Labute approximate surface area is 105 Å². The third-order valence-corrected chi connectivity index (χ3v) is 2.53. The third kappa shape index (κ3) is 3.87. The number of unbranched alkanes of at least 4 members (excludes halogenated alkanes) is 1. The molecule has 100 valence electrons. The van der Waals surface area contributed by atoms with Crippen LogP contribution in [0.5, 0.6) is 0 Å². The summed E-state index contributed by atoms with van der Waals surface area (Å²) in [5.74, 6) is -0.473. The zero-order valence-corrected chi connectivity index (χ0v) is 10.7. The van der Waals surface area contributed by atoms with Gasteiger partial charge in [0.05, 0.1) is 6.61 Å². The zero-order valence-electron chi connectivity index (χ0n) is 10.7. The molecular formula is C12H18N2O4. The Hall–Kier alpha value is -1.85. The summed E-state index contributed by atoms with van der Waals surface area (Å²) in [5.41, 5.74) is -0.529. The molecule has 0 saturated carbocycles. The van der Waals surface area contributed by atoms with E-state index in [0.29, 0.717) is 18.6 Å². The van der Waals surface area contributed by atoms with Crippen LogP contribution in [0.25, 0.3) is 0 Å². The van der Waals surface area contributed by atoms with Crippen LogP contribution < -0.4 is 11.2 Å². The van der Waals surface area contributed by atoms with Crippen molar-refractivity contribution in [1.82, 2.24) is 9.55 Å². The van der Waals surface area contributed by atoms with Gasteiger partial charge in [0.1, 0.15) is 6.54 Å². The number of aromatic nitrogens is 2. The van der Waals surface area contributed by atoms with Crippen molar-refractivity contribution in [2.24, 2.45) is 0 Å². The van der Waals surface area contributed by atoms with Gasteiger partial charge in [-0.15, -0.1) is 0 Å². The van der Waals surface area contributed by atoms with Crippen LogP contribution in [0.4, 0.5) is 0 Å². The van der Waals surface area contributed by atoms with Gasteiger partial charge in [-0.1, -0.05) is 20.3 Å². The molecule has 1 N–H and O–H groups in total. The maximum atomic E-state index is 11.5. The number of hydrogen-bond donors (Lipinski definition) is 1. The minimum atomic E-state index is -0.593. The summed E-state index contributed by atoms with van der Waals surface area (Å²) in [5, 5.41) is 0. The second-order valence-electron chi connectivity index (χ2n) is 3.97. The Morgan fingerprint density at radius 1 is 1.39 bits per heavy atom. The molecule has 0 aromatic carbocycles. The summed E-state index contributed by atoms with van der Waals surface area (Å²) in [4.78, 5) is 36.4. The van der Waals surface area contributed by atoms with Gasteiger partial charge < -0.3 is 4.74 Å². The highest BCUT2D eigenvalue weighted by Gasteiger charge is 2.08. The Morgan fingerprint density at radius 3 is 2.72 bits per heavy atom. The van der Waals surface area contributed by atoms with E-state index >= 15 is 0 Å². The smallest absolute Gasteiger partial charge is 0.328 e. The molecule has 0 spiro atoms. The van der Waals surface area contributed by atoms with Crippen molar-refractivity contribution in [2.75, 3.05) is 6.61 Å². The van der Waals surface area contributed by atoms with Crippen LogP contribution >= 0.6 is 0 Å². The van der Waals surface area contributed by atoms with E-state index in [1.54, 1.807) is 6.92 Å². The zero-order chi connectivity index (χ0) is 13.5. The van der Waals surface area contributed by atoms with Crippen LogP contribution in [0.15, 0.2) is 15.8 Å². The van der Waals surface area contributed by atoms with Gasteiger partial charge in [-0.3, -0.25) is 19.1 Å². The number of aromatic amines is 1. The van der Waals surface area contributed by atoms with Gasteiger partial charge in [0, 0.05) is 11.8 Å². The summed E-state index contributed by atoms with van der Waals surface area (Å²) in [6.45, 7) is 3.98. The van der Waals surface area contributed by atoms with Crippen molar-refractivity contribution in [2.45, 2.75) is 39.7 Å². The Balaban J connectivity index is 2.75. The number of esters is 1. The van der Waals surface area contributed by atoms with E-state index in [0.717, 1.165) is 17.4 Å². The van der Waals surface area contributed by atoms with E-state index in [2.05, 4.69) is 4.98 Å². The Bertz CT molecular complexity index is 516. The van der Waals surface area contributed by atoms with E-state index < -0.39 is 17.2 Å².